The second kappa shape index (κ2) is 4.92. The van der Waals surface area contributed by atoms with Crippen molar-refractivity contribution in [1.29, 1.82) is 0 Å². The summed E-state index contributed by atoms with van der Waals surface area (Å²) in [4.78, 5) is 0. The van der Waals surface area contributed by atoms with Crippen LogP contribution in [-0.2, 0) is 12.8 Å². The SMILES string of the molecule is COc1ccc2c(c1)CC1NCCc3cc(OC)c(O)c-2c31. The molecule has 22 heavy (non-hydrogen) atoms. The van der Waals surface area contributed by atoms with Gasteiger partial charge in [-0.15, -0.1) is 0 Å². The van der Waals surface area contributed by atoms with Gasteiger partial charge in [0.05, 0.1) is 14.2 Å². The van der Waals surface area contributed by atoms with Crippen molar-refractivity contribution >= 4 is 0 Å². The molecule has 0 fully saturated rings. The lowest BCUT2D eigenvalue weighted by Crippen LogP contribution is -2.33. The van der Waals surface area contributed by atoms with Crippen molar-refractivity contribution in [2.45, 2.75) is 18.9 Å². The minimum atomic E-state index is 0.237. The number of phenols is 1. The maximum Gasteiger partial charge on any atom is 0.166 e. The Morgan fingerprint density at radius 3 is 2.77 bits per heavy atom. The summed E-state index contributed by atoms with van der Waals surface area (Å²) in [7, 11) is 3.28. The zero-order chi connectivity index (χ0) is 15.3. The summed E-state index contributed by atoms with van der Waals surface area (Å²) in [5.74, 6) is 1.64. The van der Waals surface area contributed by atoms with Crippen LogP contribution < -0.4 is 14.8 Å². The molecule has 2 N–H and O–H groups in total. The van der Waals surface area contributed by atoms with Crippen LogP contribution >= 0.6 is 0 Å². The number of fused-ring (bicyclic) bond motifs is 2. The van der Waals surface area contributed by atoms with Gasteiger partial charge in [0.2, 0.25) is 0 Å². The smallest absolute Gasteiger partial charge is 0.166 e. The van der Waals surface area contributed by atoms with Gasteiger partial charge in [-0.25, -0.2) is 0 Å². The quantitative estimate of drug-likeness (QED) is 0.895. The van der Waals surface area contributed by atoms with Gasteiger partial charge in [0.15, 0.2) is 11.5 Å². The molecular weight excluding hydrogens is 278 g/mol. The summed E-state index contributed by atoms with van der Waals surface area (Å²) >= 11 is 0. The first-order valence-corrected chi connectivity index (χ1v) is 7.56. The molecule has 0 saturated carbocycles. The van der Waals surface area contributed by atoms with Crippen molar-refractivity contribution in [3.05, 3.63) is 41.0 Å². The minimum Gasteiger partial charge on any atom is -0.504 e. The van der Waals surface area contributed by atoms with Gasteiger partial charge in [0.1, 0.15) is 5.75 Å². The Kier molecular flexibility index (Phi) is 3.01. The molecular formula is C18H19NO3. The van der Waals surface area contributed by atoms with E-state index in [0.29, 0.717) is 5.75 Å². The van der Waals surface area contributed by atoms with Crippen LogP contribution in [0.25, 0.3) is 11.1 Å². The molecule has 4 rings (SSSR count). The minimum absolute atomic E-state index is 0.237. The number of benzene rings is 2. The Labute approximate surface area is 129 Å². The molecule has 1 unspecified atom stereocenters. The Balaban J connectivity index is 2.02. The zero-order valence-corrected chi connectivity index (χ0v) is 12.8. The highest BCUT2D eigenvalue weighted by Crippen LogP contribution is 2.50. The van der Waals surface area contributed by atoms with E-state index in [1.165, 1.54) is 16.7 Å². The molecule has 1 atom stereocenters. The molecule has 1 aliphatic heterocycles. The molecule has 1 heterocycles. The lowest BCUT2D eigenvalue weighted by molar-refractivity contribution is 0.370. The van der Waals surface area contributed by atoms with Crippen molar-refractivity contribution in [2.24, 2.45) is 0 Å². The number of methoxy groups -OCH3 is 2. The molecule has 114 valence electrons. The fourth-order valence-electron chi connectivity index (χ4n) is 3.74. The molecule has 2 aromatic carbocycles. The molecule has 4 heteroatoms. The van der Waals surface area contributed by atoms with Gasteiger partial charge in [-0.3, -0.25) is 0 Å². The highest BCUT2D eigenvalue weighted by molar-refractivity contribution is 5.83. The first-order chi connectivity index (χ1) is 10.7. The number of hydrogen-bond donors (Lipinski definition) is 2. The predicted octanol–water partition coefficient (Wildman–Crippen LogP) is 2.82. The van der Waals surface area contributed by atoms with Gasteiger partial charge >= 0.3 is 0 Å². The Hall–Kier alpha value is -2.20. The standard InChI is InChI=1S/C18H19NO3/c1-21-12-3-4-13-11(7-12)8-14-16-10(5-6-19-14)9-15(22-2)18(20)17(13)16/h3-4,7,9,14,19-20H,5-6,8H2,1-2H3. The maximum atomic E-state index is 10.7. The third kappa shape index (κ3) is 1.80. The van der Waals surface area contributed by atoms with Gasteiger partial charge in [-0.2, -0.15) is 0 Å². The normalized spacial score (nSPS) is 18.4. The fraction of sp³-hybridized carbons (Fsp3) is 0.333. The number of rotatable bonds is 2. The Bertz CT molecular complexity index is 754. The zero-order valence-electron chi connectivity index (χ0n) is 12.8. The summed E-state index contributed by atoms with van der Waals surface area (Å²) in [5.41, 5.74) is 5.68. The molecule has 0 bridgehead atoms. The van der Waals surface area contributed by atoms with Gasteiger partial charge < -0.3 is 19.9 Å². The summed E-state index contributed by atoms with van der Waals surface area (Å²) < 4.78 is 10.7. The highest BCUT2D eigenvalue weighted by atomic mass is 16.5. The van der Waals surface area contributed by atoms with E-state index in [0.717, 1.165) is 36.3 Å². The number of nitrogens with one attached hydrogen (secondary N) is 1. The van der Waals surface area contributed by atoms with E-state index >= 15 is 0 Å². The number of phenolic OH excluding ortho intramolecular Hbond substituents is 1. The van der Waals surface area contributed by atoms with Crippen molar-refractivity contribution < 1.29 is 14.6 Å². The van der Waals surface area contributed by atoms with E-state index in [-0.39, 0.29) is 11.8 Å². The summed E-state index contributed by atoms with van der Waals surface area (Å²) in [6.07, 6.45) is 1.87. The van der Waals surface area contributed by atoms with Crippen molar-refractivity contribution in [1.82, 2.24) is 5.32 Å². The van der Waals surface area contributed by atoms with Gasteiger partial charge in [-0.1, -0.05) is 6.07 Å². The average Bonchev–Trinajstić information content (AvgIpc) is 2.56. The molecule has 0 spiro atoms. The predicted molar refractivity (Wildman–Crippen MR) is 84.8 cm³/mol. The monoisotopic (exact) mass is 297 g/mol. The van der Waals surface area contributed by atoms with Crippen molar-refractivity contribution in [3.63, 3.8) is 0 Å². The van der Waals surface area contributed by atoms with Gasteiger partial charge in [0, 0.05) is 11.6 Å². The van der Waals surface area contributed by atoms with E-state index in [4.69, 9.17) is 9.47 Å². The maximum absolute atomic E-state index is 10.7. The fourth-order valence-corrected chi connectivity index (χ4v) is 3.74. The summed E-state index contributed by atoms with van der Waals surface area (Å²) in [5, 5.41) is 14.3. The molecule has 0 amide bonds. The van der Waals surface area contributed by atoms with Crippen LogP contribution in [0.4, 0.5) is 0 Å². The number of ether oxygens (including phenoxy) is 2. The van der Waals surface area contributed by atoms with Gasteiger partial charge in [0.25, 0.3) is 0 Å². The molecule has 4 nitrogen and oxygen atoms in total. The van der Waals surface area contributed by atoms with E-state index in [1.807, 2.05) is 18.2 Å². The van der Waals surface area contributed by atoms with Crippen LogP contribution in [0.5, 0.6) is 17.2 Å². The lowest BCUT2D eigenvalue weighted by Gasteiger charge is -2.35. The van der Waals surface area contributed by atoms with Crippen molar-refractivity contribution in [3.8, 4) is 28.4 Å². The van der Waals surface area contributed by atoms with Crippen LogP contribution in [-0.4, -0.2) is 25.9 Å². The average molecular weight is 297 g/mol. The highest BCUT2D eigenvalue weighted by Gasteiger charge is 2.33. The second-order valence-corrected chi connectivity index (χ2v) is 5.86. The van der Waals surface area contributed by atoms with Crippen LogP contribution in [0.1, 0.15) is 22.7 Å². The third-order valence-corrected chi connectivity index (χ3v) is 4.75. The largest absolute Gasteiger partial charge is 0.504 e. The third-order valence-electron chi connectivity index (χ3n) is 4.75. The first-order valence-electron chi connectivity index (χ1n) is 7.56. The Morgan fingerprint density at radius 1 is 1.14 bits per heavy atom. The van der Waals surface area contributed by atoms with E-state index in [1.54, 1.807) is 14.2 Å². The van der Waals surface area contributed by atoms with E-state index in [9.17, 15) is 5.11 Å². The number of hydrogen-bond acceptors (Lipinski definition) is 4. The van der Waals surface area contributed by atoms with Crippen LogP contribution in [0, 0.1) is 0 Å². The molecule has 2 aliphatic rings. The van der Waals surface area contributed by atoms with E-state index < -0.39 is 0 Å². The molecule has 0 saturated heterocycles. The Morgan fingerprint density at radius 2 is 2.00 bits per heavy atom. The van der Waals surface area contributed by atoms with Crippen LogP contribution in [0.2, 0.25) is 0 Å². The van der Waals surface area contributed by atoms with E-state index in [2.05, 4.69) is 11.4 Å². The van der Waals surface area contributed by atoms with Crippen LogP contribution in [0.3, 0.4) is 0 Å². The molecule has 0 aromatic heterocycles. The van der Waals surface area contributed by atoms with Crippen molar-refractivity contribution in [2.75, 3.05) is 20.8 Å². The van der Waals surface area contributed by atoms with Gasteiger partial charge in [-0.05, 0) is 59.8 Å². The molecule has 2 aromatic rings. The molecule has 1 aliphatic carbocycles. The molecule has 0 radical (unpaired) electrons. The summed E-state index contributed by atoms with van der Waals surface area (Å²) in [6.45, 7) is 0.949. The lowest BCUT2D eigenvalue weighted by atomic mass is 9.77. The first kappa shape index (κ1) is 13.5. The number of aromatic hydroxyl groups is 1. The second-order valence-electron chi connectivity index (χ2n) is 5.86. The topological polar surface area (TPSA) is 50.7 Å². The van der Waals surface area contributed by atoms with Crippen LogP contribution in [0.15, 0.2) is 24.3 Å². The summed E-state index contributed by atoms with van der Waals surface area (Å²) in [6, 6.07) is 8.27.